The van der Waals surface area contributed by atoms with E-state index >= 15 is 0 Å². The number of ether oxygens (including phenoxy) is 1. The molecule has 130 valence electrons. The van der Waals surface area contributed by atoms with Crippen LogP contribution in [0.5, 0.6) is 5.75 Å². The number of fused-ring (bicyclic) bond motifs is 1. The molecule has 4 heteroatoms. The molecule has 0 spiro atoms. The summed E-state index contributed by atoms with van der Waals surface area (Å²) in [7, 11) is 1.69. The van der Waals surface area contributed by atoms with Crippen molar-refractivity contribution >= 4 is 26.9 Å². The molecule has 1 saturated heterocycles. The molecule has 3 aromatic rings. The van der Waals surface area contributed by atoms with Crippen molar-refractivity contribution in [1.82, 2.24) is 4.90 Å². The van der Waals surface area contributed by atoms with Crippen molar-refractivity contribution < 1.29 is 9.15 Å². The molecule has 1 aliphatic rings. The molecule has 0 amide bonds. The Bertz CT molecular complexity index is 851. The van der Waals surface area contributed by atoms with E-state index in [1.807, 2.05) is 12.1 Å². The van der Waals surface area contributed by atoms with Crippen LogP contribution in [-0.4, -0.2) is 25.1 Å². The number of nitrogens with zero attached hydrogens (tertiary/aromatic N) is 1. The number of likely N-dealkylation sites (tertiary alicyclic amines) is 1. The van der Waals surface area contributed by atoms with Crippen LogP contribution in [0.3, 0.4) is 0 Å². The van der Waals surface area contributed by atoms with Gasteiger partial charge in [-0.2, -0.15) is 0 Å². The molecule has 0 aliphatic carbocycles. The van der Waals surface area contributed by atoms with E-state index in [2.05, 4.69) is 57.2 Å². The van der Waals surface area contributed by atoms with Gasteiger partial charge in [-0.1, -0.05) is 30.3 Å². The van der Waals surface area contributed by atoms with Crippen molar-refractivity contribution in [3.05, 3.63) is 64.3 Å². The van der Waals surface area contributed by atoms with Gasteiger partial charge in [0.2, 0.25) is 0 Å². The van der Waals surface area contributed by atoms with Crippen LogP contribution >= 0.6 is 15.9 Å². The number of benzene rings is 2. The topological polar surface area (TPSA) is 25.6 Å². The molecule has 0 radical (unpaired) electrons. The van der Waals surface area contributed by atoms with E-state index in [4.69, 9.17) is 9.15 Å². The summed E-state index contributed by atoms with van der Waals surface area (Å²) in [4.78, 5) is 2.54. The number of methoxy groups -OCH3 is 1. The van der Waals surface area contributed by atoms with Crippen LogP contribution < -0.4 is 4.74 Å². The highest BCUT2D eigenvalue weighted by Crippen LogP contribution is 2.37. The van der Waals surface area contributed by atoms with E-state index in [0.717, 1.165) is 59.4 Å². The van der Waals surface area contributed by atoms with Crippen molar-refractivity contribution in [2.45, 2.75) is 25.3 Å². The molecule has 0 unspecified atom stereocenters. The molecule has 0 atom stereocenters. The number of furan rings is 1. The van der Waals surface area contributed by atoms with Gasteiger partial charge in [0.25, 0.3) is 0 Å². The van der Waals surface area contributed by atoms with Gasteiger partial charge in [0.1, 0.15) is 17.1 Å². The Morgan fingerprint density at radius 1 is 1.12 bits per heavy atom. The summed E-state index contributed by atoms with van der Waals surface area (Å²) in [5, 5.41) is 1.10. The van der Waals surface area contributed by atoms with Crippen LogP contribution in [0.2, 0.25) is 0 Å². The van der Waals surface area contributed by atoms with E-state index in [9.17, 15) is 0 Å². The average Bonchev–Trinajstić information content (AvgIpc) is 3.08. The fourth-order valence-electron chi connectivity index (χ4n) is 3.64. The van der Waals surface area contributed by atoms with Crippen molar-refractivity contribution in [3.8, 4) is 5.75 Å². The second-order valence-corrected chi connectivity index (χ2v) is 7.57. The minimum absolute atomic E-state index is 0.498. The standard InChI is InChI=1S/C21H22BrNO2/c1-24-18-11-17-12-20(25-21(17)19(22)13-18)16-7-9-23(10-8-16)14-15-5-3-2-4-6-15/h2-6,11-13,16H,7-10,14H2,1H3. The normalized spacial score (nSPS) is 16.4. The third-order valence-corrected chi connectivity index (χ3v) is 5.63. The van der Waals surface area contributed by atoms with Crippen LogP contribution in [0.15, 0.2) is 57.4 Å². The summed E-state index contributed by atoms with van der Waals surface area (Å²) in [6.07, 6.45) is 2.28. The summed E-state index contributed by atoms with van der Waals surface area (Å²) in [5.41, 5.74) is 2.31. The zero-order chi connectivity index (χ0) is 17.2. The molecule has 2 heterocycles. The Morgan fingerprint density at radius 2 is 1.88 bits per heavy atom. The fourth-order valence-corrected chi connectivity index (χ4v) is 4.18. The number of rotatable bonds is 4. The van der Waals surface area contributed by atoms with Gasteiger partial charge in [-0.3, -0.25) is 4.90 Å². The zero-order valence-electron chi connectivity index (χ0n) is 14.4. The zero-order valence-corrected chi connectivity index (χ0v) is 16.0. The number of piperidine rings is 1. The van der Waals surface area contributed by atoms with E-state index < -0.39 is 0 Å². The Kier molecular flexibility index (Phi) is 4.82. The molecule has 3 nitrogen and oxygen atoms in total. The molecule has 1 aliphatic heterocycles. The third-order valence-electron chi connectivity index (χ3n) is 5.04. The first-order valence-corrected chi connectivity index (χ1v) is 9.55. The maximum absolute atomic E-state index is 6.17. The fraction of sp³-hybridized carbons (Fsp3) is 0.333. The molecule has 0 saturated carbocycles. The maximum atomic E-state index is 6.17. The largest absolute Gasteiger partial charge is 0.497 e. The second kappa shape index (κ2) is 7.22. The Morgan fingerprint density at radius 3 is 2.60 bits per heavy atom. The first-order chi connectivity index (χ1) is 12.2. The van der Waals surface area contributed by atoms with E-state index in [0.29, 0.717) is 5.92 Å². The number of hydrogen-bond donors (Lipinski definition) is 0. The van der Waals surface area contributed by atoms with Crippen molar-refractivity contribution in [3.63, 3.8) is 0 Å². The van der Waals surface area contributed by atoms with Crippen LogP contribution in [0.1, 0.15) is 30.1 Å². The molecule has 2 aromatic carbocycles. The molecule has 0 N–H and O–H groups in total. The minimum atomic E-state index is 0.498. The first-order valence-electron chi connectivity index (χ1n) is 8.76. The number of halogens is 1. The van der Waals surface area contributed by atoms with Gasteiger partial charge in [-0.05, 0) is 65.6 Å². The van der Waals surface area contributed by atoms with Crippen LogP contribution in [0.25, 0.3) is 11.0 Å². The summed E-state index contributed by atoms with van der Waals surface area (Å²) < 4.78 is 12.5. The van der Waals surface area contributed by atoms with Crippen LogP contribution in [0, 0.1) is 0 Å². The molecule has 4 rings (SSSR count). The highest BCUT2D eigenvalue weighted by molar-refractivity contribution is 9.10. The molecule has 1 aromatic heterocycles. The van der Waals surface area contributed by atoms with Crippen LogP contribution in [0.4, 0.5) is 0 Å². The van der Waals surface area contributed by atoms with E-state index in [1.54, 1.807) is 7.11 Å². The van der Waals surface area contributed by atoms with Gasteiger partial charge in [-0.15, -0.1) is 0 Å². The number of hydrogen-bond acceptors (Lipinski definition) is 3. The molecular weight excluding hydrogens is 378 g/mol. The van der Waals surface area contributed by atoms with Gasteiger partial charge >= 0.3 is 0 Å². The second-order valence-electron chi connectivity index (χ2n) is 6.71. The molecule has 0 bridgehead atoms. The Balaban J connectivity index is 1.45. The minimum Gasteiger partial charge on any atom is -0.497 e. The van der Waals surface area contributed by atoms with E-state index in [1.165, 1.54) is 5.56 Å². The van der Waals surface area contributed by atoms with Crippen LogP contribution in [-0.2, 0) is 6.54 Å². The predicted octanol–water partition coefficient (Wildman–Crippen LogP) is 5.58. The molecule has 1 fully saturated rings. The third kappa shape index (κ3) is 3.60. The van der Waals surface area contributed by atoms with Gasteiger partial charge < -0.3 is 9.15 Å². The van der Waals surface area contributed by atoms with Gasteiger partial charge in [-0.25, -0.2) is 0 Å². The van der Waals surface area contributed by atoms with Gasteiger partial charge in [0.15, 0.2) is 0 Å². The lowest BCUT2D eigenvalue weighted by Gasteiger charge is -2.31. The predicted molar refractivity (Wildman–Crippen MR) is 104 cm³/mol. The van der Waals surface area contributed by atoms with Crippen molar-refractivity contribution in [1.29, 1.82) is 0 Å². The van der Waals surface area contributed by atoms with Gasteiger partial charge in [0, 0.05) is 17.8 Å². The summed E-state index contributed by atoms with van der Waals surface area (Å²) >= 11 is 3.59. The smallest absolute Gasteiger partial charge is 0.148 e. The van der Waals surface area contributed by atoms with Crippen molar-refractivity contribution in [2.75, 3.05) is 20.2 Å². The molecule has 25 heavy (non-hydrogen) atoms. The summed E-state index contributed by atoms with van der Waals surface area (Å²) in [5.74, 6) is 2.45. The highest BCUT2D eigenvalue weighted by atomic mass is 79.9. The Labute approximate surface area is 156 Å². The SMILES string of the molecule is COc1cc(Br)c2oc(C3CCN(Cc4ccccc4)CC3)cc2c1. The first kappa shape index (κ1) is 16.7. The Hall–Kier alpha value is -1.78. The van der Waals surface area contributed by atoms with Gasteiger partial charge in [0.05, 0.1) is 11.6 Å². The average molecular weight is 400 g/mol. The highest BCUT2D eigenvalue weighted by Gasteiger charge is 2.24. The summed E-state index contributed by atoms with van der Waals surface area (Å²) in [6.45, 7) is 3.26. The monoisotopic (exact) mass is 399 g/mol. The quantitative estimate of drug-likeness (QED) is 0.572. The summed E-state index contributed by atoms with van der Waals surface area (Å²) in [6, 6.07) is 16.9. The van der Waals surface area contributed by atoms with Crippen molar-refractivity contribution in [2.24, 2.45) is 0 Å². The lowest BCUT2D eigenvalue weighted by molar-refractivity contribution is 0.196. The lowest BCUT2D eigenvalue weighted by atomic mass is 9.94. The maximum Gasteiger partial charge on any atom is 0.148 e. The van der Waals surface area contributed by atoms with E-state index in [-0.39, 0.29) is 0 Å². The lowest BCUT2D eigenvalue weighted by Crippen LogP contribution is -2.32. The molecular formula is C21H22BrNO2.